The molecule has 0 fully saturated rings. The fourth-order valence-corrected chi connectivity index (χ4v) is 2.33. The molecular formula is C15H14N2O4. The van der Waals surface area contributed by atoms with E-state index in [4.69, 9.17) is 4.74 Å². The van der Waals surface area contributed by atoms with Crippen molar-refractivity contribution in [1.29, 1.82) is 0 Å². The molecule has 3 rings (SSSR count). The molecule has 0 saturated carbocycles. The number of nitrogens with zero attached hydrogens (tertiary/aromatic N) is 1. The highest BCUT2D eigenvalue weighted by Crippen LogP contribution is 2.35. The van der Waals surface area contributed by atoms with Gasteiger partial charge in [-0.3, -0.25) is 10.0 Å². The van der Waals surface area contributed by atoms with Crippen molar-refractivity contribution >= 4 is 11.6 Å². The first-order valence-corrected chi connectivity index (χ1v) is 6.36. The minimum Gasteiger partial charge on any atom is -0.504 e. The van der Waals surface area contributed by atoms with Crippen LogP contribution in [0.25, 0.3) is 0 Å². The Morgan fingerprint density at radius 3 is 2.76 bits per heavy atom. The summed E-state index contributed by atoms with van der Waals surface area (Å²) in [6.45, 7) is 0. The van der Waals surface area contributed by atoms with Crippen molar-refractivity contribution in [3.05, 3.63) is 53.6 Å². The number of anilines is 1. The van der Waals surface area contributed by atoms with E-state index in [0.717, 1.165) is 0 Å². The SMILES string of the molecule is COc1cc([C@@H]2Nc3ccccc3C(=O)N2O)ccc1O. The first kappa shape index (κ1) is 13.3. The van der Waals surface area contributed by atoms with Crippen LogP contribution < -0.4 is 10.1 Å². The van der Waals surface area contributed by atoms with Crippen molar-refractivity contribution < 1.29 is 19.8 Å². The number of phenolic OH excluding ortho intramolecular Hbond substituents is 1. The van der Waals surface area contributed by atoms with Crippen LogP contribution in [0.15, 0.2) is 42.5 Å². The number of hydroxylamine groups is 2. The van der Waals surface area contributed by atoms with Crippen molar-refractivity contribution in [3.8, 4) is 11.5 Å². The summed E-state index contributed by atoms with van der Waals surface area (Å²) in [5, 5.41) is 23.4. The molecule has 0 aliphatic carbocycles. The molecule has 6 heteroatoms. The van der Waals surface area contributed by atoms with Crippen LogP contribution in [-0.2, 0) is 0 Å². The van der Waals surface area contributed by atoms with Crippen LogP contribution in [0.4, 0.5) is 5.69 Å². The summed E-state index contributed by atoms with van der Waals surface area (Å²) in [6.07, 6.45) is -0.748. The van der Waals surface area contributed by atoms with Crippen LogP contribution in [0.3, 0.4) is 0 Å². The van der Waals surface area contributed by atoms with Gasteiger partial charge in [-0.2, -0.15) is 5.06 Å². The molecular weight excluding hydrogens is 272 g/mol. The van der Waals surface area contributed by atoms with Crippen molar-refractivity contribution in [3.63, 3.8) is 0 Å². The Bertz CT molecular complexity index is 702. The predicted octanol–water partition coefficient (Wildman–Crippen LogP) is 2.36. The lowest BCUT2D eigenvalue weighted by Crippen LogP contribution is -2.40. The smallest absolute Gasteiger partial charge is 0.281 e. The van der Waals surface area contributed by atoms with Crippen LogP contribution >= 0.6 is 0 Å². The van der Waals surface area contributed by atoms with E-state index in [1.54, 1.807) is 36.4 Å². The number of fused-ring (bicyclic) bond motifs is 1. The van der Waals surface area contributed by atoms with E-state index in [2.05, 4.69) is 5.32 Å². The lowest BCUT2D eigenvalue weighted by Gasteiger charge is -2.33. The second kappa shape index (κ2) is 4.99. The number of hydrogen-bond acceptors (Lipinski definition) is 5. The lowest BCUT2D eigenvalue weighted by atomic mass is 10.0. The van der Waals surface area contributed by atoms with Crippen LogP contribution in [0.2, 0.25) is 0 Å². The maximum absolute atomic E-state index is 12.2. The van der Waals surface area contributed by atoms with Gasteiger partial charge < -0.3 is 15.2 Å². The third-order valence-corrected chi connectivity index (χ3v) is 3.42. The van der Waals surface area contributed by atoms with Gasteiger partial charge in [0.1, 0.15) is 0 Å². The summed E-state index contributed by atoms with van der Waals surface area (Å²) in [5.41, 5.74) is 1.64. The van der Waals surface area contributed by atoms with E-state index in [1.807, 2.05) is 0 Å². The molecule has 21 heavy (non-hydrogen) atoms. The zero-order valence-electron chi connectivity index (χ0n) is 11.3. The van der Waals surface area contributed by atoms with Gasteiger partial charge in [-0.25, -0.2) is 0 Å². The highest BCUT2D eigenvalue weighted by Gasteiger charge is 2.32. The third-order valence-electron chi connectivity index (χ3n) is 3.42. The highest BCUT2D eigenvalue weighted by molar-refractivity contribution is 6.01. The zero-order chi connectivity index (χ0) is 15.0. The maximum atomic E-state index is 12.2. The number of carbonyl (C=O) groups is 1. The number of ether oxygens (including phenoxy) is 1. The zero-order valence-corrected chi connectivity index (χ0v) is 11.3. The summed E-state index contributed by atoms with van der Waals surface area (Å²) in [7, 11) is 1.43. The number of phenols is 1. The maximum Gasteiger partial charge on any atom is 0.281 e. The number of amides is 1. The van der Waals surface area contributed by atoms with E-state index in [-0.39, 0.29) is 11.5 Å². The second-order valence-corrected chi connectivity index (χ2v) is 4.67. The number of benzene rings is 2. The fraction of sp³-hybridized carbons (Fsp3) is 0.133. The summed E-state index contributed by atoms with van der Waals surface area (Å²) in [4.78, 5) is 12.2. The van der Waals surface area contributed by atoms with Gasteiger partial charge in [-0.15, -0.1) is 0 Å². The largest absolute Gasteiger partial charge is 0.504 e. The van der Waals surface area contributed by atoms with E-state index in [0.29, 0.717) is 21.9 Å². The van der Waals surface area contributed by atoms with Crippen LogP contribution in [0, 0.1) is 0 Å². The molecule has 0 saturated heterocycles. The first-order chi connectivity index (χ1) is 10.1. The standard InChI is InChI=1S/C15H14N2O4/c1-21-13-8-9(6-7-12(13)18)14-16-11-5-3-2-4-10(11)15(19)17(14)20/h2-8,14,16,18,20H,1H3/t14-/m1/s1. The Hall–Kier alpha value is -2.73. The average Bonchev–Trinajstić information content (AvgIpc) is 2.51. The summed E-state index contributed by atoms with van der Waals surface area (Å²) in [5.74, 6) is -0.219. The Kier molecular flexibility index (Phi) is 3.15. The Labute approximate surface area is 121 Å². The van der Waals surface area contributed by atoms with Crippen LogP contribution in [0.5, 0.6) is 11.5 Å². The number of hydrogen-bond donors (Lipinski definition) is 3. The molecule has 2 aromatic carbocycles. The molecule has 108 valence electrons. The van der Waals surface area contributed by atoms with Crippen molar-refractivity contribution in [2.75, 3.05) is 12.4 Å². The Morgan fingerprint density at radius 2 is 2.00 bits per heavy atom. The van der Waals surface area contributed by atoms with E-state index < -0.39 is 12.1 Å². The van der Waals surface area contributed by atoms with Crippen molar-refractivity contribution in [2.24, 2.45) is 0 Å². The third kappa shape index (κ3) is 2.15. The molecule has 0 aromatic heterocycles. The van der Waals surface area contributed by atoms with E-state index in [9.17, 15) is 15.1 Å². The second-order valence-electron chi connectivity index (χ2n) is 4.67. The van der Waals surface area contributed by atoms with Gasteiger partial charge in [0.15, 0.2) is 17.7 Å². The Balaban J connectivity index is 2.02. The minimum absolute atomic E-state index is 0.00623. The number of rotatable bonds is 2. The number of aromatic hydroxyl groups is 1. The van der Waals surface area contributed by atoms with Crippen LogP contribution in [-0.4, -0.2) is 28.4 Å². The topological polar surface area (TPSA) is 82.0 Å². The normalized spacial score (nSPS) is 17.1. The molecule has 1 atom stereocenters. The Morgan fingerprint density at radius 1 is 1.24 bits per heavy atom. The molecule has 0 spiro atoms. The van der Waals surface area contributed by atoms with Crippen molar-refractivity contribution in [1.82, 2.24) is 5.06 Å². The van der Waals surface area contributed by atoms with Gasteiger partial charge in [-0.05, 0) is 24.3 Å². The predicted molar refractivity (Wildman–Crippen MR) is 75.4 cm³/mol. The summed E-state index contributed by atoms with van der Waals surface area (Å²) >= 11 is 0. The van der Waals surface area contributed by atoms with Gasteiger partial charge in [0, 0.05) is 11.3 Å². The molecule has 1 amide bonds. The minimum atomic E-state index is -0.748. The quantitative estimate of drug-likeness (QED) is 0.738. The molecule has 6 nitrogen and oxygen atoms in total. The highest BCUT2D eigenvalue weighted by atomic mass is 16.5. The molecule has 1 aliphatic rings. The number of carbonyl (C=O) groups excluding carboxylic acids is 1. The molecule has 1 aliphatic heterocycles. The molecule has 0 unspecified atom stereocenters. The number of para-hydroxylation sites is 1. The van der Waals surface area contributed by atoms with Gasteiger partial charge in [0.05, 0.1) is 12.7 Å². The first-order valence-electron chi connectivity index (χ1n) is 6.36. The molecule has 0 radical (unpaired) electrons. The van der Waals surface area contributed by atoms with Gasteiger partial charge in [0.25, 0.3) is 5.91 Å². The molecule has 3 N–H and O–H groups in total. The van der Waals surface area contributed by atoms with Gasteiger partial charge in [-0.1, -0.05) is 18.2 Å². The van der Waals surface area contributed by atoms with E-state index in [1.165, 1.54) is 13.2 Å². The molecule has 2 aromatic rings. The van der Waals surface area contributed by atoms with Crippen LogP contribution in [0.1, 0.15) is 22.1 Å². The number of methoxy groups -OCH3 is 1. The summed E-state index contributed by atoms with van der Waals surface area (Å²) in [6, 6.07) is 11.6. The monoisotopic (exact) mass is 286 g/mol. The number of nitrogens with one attached hydrogen (secondary N) is 1. The summed E-state index contributed by atoms with van der Waals surface area (Å²) < 4.78 is 5.05. The van der Waals surface area contributed by atoms with Crippen molar-refractivity contribution in [2.45, 2.75) is 6.17 Å². The average molecular weight is 286 g/mol. The van der Waals surface area contributed by atoms with E-state index >= 15 is 0 Å². The molecule has 1 heterocycles. The van der Waals surface area contributed by atoms with Gasteiger partial charge >= 0.3 is 0 Å². The van der Waals surface area contributed by atoms with Gasteiger partial charge in [0.2, 0.25) is 0 Å². The molecule has 0 bridgehead atoms. The lowest BCUT2D eigenvalue weighted by molar-refractivity contribution is -0.0851. The fourth-order valence-electron chi connectivity index (χ4n) is 2.33.